The van der Waals surface area contributed by atoms with Crippen molar-refractivity contribution >= 4 is 23.7 Å². The Morgan fingerprint density at radius 2 is 2.10 bits per heavy atom. The molecule has 0 spiro atoms. The quantitative estimate of drug-likeness (QED) is 0.784. The van der Waals surface area contributed by atoms with Gasteiger partial charge in [-0.25, -0.2) is 0 Å². The molecule has 0 amide bonds. The van der Waals surface area contributed by atoms with Crippen LogP contribution in [-0.2, 0) is 4.79 Å². The molecule has 0 atom stereocenters. The first kappa shape index (κ1) is 15.2. The lowest BCUT2D eigenvalue weighted by atomic mass is 9.83. The highest BCUT2D eigenvalue weighted by molar-refractivity contribution is 7.99. The third kappa shape index (κ3) is 3.65. The van der Waals surface area contributed by atoms with E-state index in [1.54, 1.807) is 0 Å². The Morgan fingerprint density at radius 3 is 2.70 bits per heavy atom. The average Bonchev–Trinajstić information content (AvgIpc) is 2.79. The normalized spacial score (nSPS) is 22.9. The van der Waals surface area contributed by atoms with Gasteiger partial charge < -0.3 is 10.8 Å². The van der Waals surface area contributed by atoms with Crippen LogP contribution in [0.3, 0.4) is 0 Å². The summed E-state index contributed by atoms with van der Waals surface area (Å²) in [6.07, 6.45) is 7.11. The Hall–Kier alpha value is -1.24. The van der Waals surface area contributed by atoms with E-state index in [9.17, 15) is 4.79 Å². The number of nitrogens with zero attached hydrogens (tertiary/aromatic N) is 3. The molecule has 20 heavy (non-hydrogen) atoms. The second-order valence-corrected chi connectivity index (χ2v) is 6.30. The molecule has 2 rings (SSSR count). The molecule has 0 unspecified atom stereocenters. The molecule has 1 aliphatic carbocycles. The number of thioether (sulfide) groups is 1. The molecule has 3 N–H and O–H groups in total. The maximum absolute atomic E-state index is 10.7. The molecule has 1 fully saturated rings. The fourth-order valence-corrected chi connectivity index (χ4v) is 3.69. The highest BCUT2D eigenvalue weighted by atomic mass is 32.2. The van der Waals surface area contributed by atoms with Gasteiger partial charge in [0.05, 0.1) is 5.75 Å². The standard InChI is InChI=1S/C13H22N4O2S/c1-2-3-9-4-6-10(7-5-9)17-12(14)15-16-13(17)20-8-11(18)19/h9-10H,2-8H2,1H3,(H2,14,15)(H,18,19). The van der Waals surface area contributed by atoms with E-state index < -0.39 is 5.97 Å². The minimum atomic E-state index is -0.852. The Balaban J connectivity index is 2.01. The molecule has 0 aromatic carbocycles. The fourth-order valence-electron chi connectivity index (χ4n) is 2.96. The molecular weight excluding hydrogens is 276 g/mol. The molecule has 1 aromatic rings. The Bertz CT molecular complexity index is 455. The van der Waals surface area contributed by atoms with Crippen molar-refractivity contribution in [3.05, 3.63) is 0 Å². The van der Waals surface area contributed by atoms with Gasteiger partial charge in [0.15, 0.2) is 5.16 Å². The number of hydrogen-bond acceptors (Lipinski definition) is 5. The zero-order valence-corrected chi connectivity index (χ0v) is 12.6. The first-order valence-electron chi connectivity index (χ1n) is 7.16. The van der Waals surface area contributed by atoms with Crippen LogP contribution in [0.25, 0.3) is 0 Å². The van der Waals surface area contributed by atoms with Gasteiger partial charge in [0.25, 0.3) is 0 Å². The van der Waals surface area contributed by atoms with Crippen molar-refractivity contribution in [3.8, 4) is 0 Å². The smallest absolute Gasteiger partial charge is 0.313 e. The summed E-state index contributed by atoms with van der Waals surface area (Å²) in [4.78, 5) is 10.7. The number of aromatic nitrogens is 3. The van der Waals surface area contributed by atoms with Gasteiger partial charge in [0.2, 0.25) is 5.95 Å². The van der Waals surface area contributed by atoms with Crippen molar-refractivity contribution in [1.29, 1.82) is 0 Å². The van der Waals surface area contributed by atoms with Gasteiger partial charge >= 0.3 is 5.97 Å². The van der Waals surface area contributed by atoms with Crippen molar-refractivity contribution in [2.45, 2.75) is 56.6 Å². The molecule has 1 aliphatic rings. The predicted octanol–water partition coefficient (Wildman–Crippen LogP) is 2.57. The Labute approximate surface area is 123 Å². The van der Waals surface area contributed by atoms with Gasteiger partial charge in [-0.15, -0.1) is 10.2 Å². The minimum absolute atomic E-state index is 0.0106. The molecule has 1 aromatic heterocycles. The van der Waals surface area contributed by atoms with Crippen LogP contribution in [-0.4, -0.2) is 31.6 Å². The third-order valence-electron chi connectivity index (χ3n) is 3.89. The summed E-state index contributed by atoms with van der Waals surface area (Å²) in [6.45, 7) is 2.23. The van der Waals surface area contributed by atoms with E-state index in [1.165, 1.54) is 37.4 Å². The summed E-state index contributed by atoms with van der Waals surface area (Å²) in [7, 11) is 0. The van der Waals surface area contributed by atoms with Crippen LogP contribution in [0, 0.1) is 5.92 Å². The SMILES string of the molecule is CCCC1CCC(n2c(N)nnc2SCC(=O)O)CC1. The van der Waals surface area contributed by atoms with Crippen LogP contribution in [0.5, 0.6) is 0 Å². The van der Waals surface area contributed by atoms with Crippen molar-refractivity contribution < 1.29 is 9.90 Å². The minimum Gasteiger partial charge on any atom is -0.481 e. The Kier molecular flexibility index (Phi) is 5.28. The van der Waals surface area contributed by atoms with Crippen LogP contribution in [0.2, 0.25) is 0 Å². The summed E-state index contributed by atoms with van der Waals surface area (Å²) in [5.74, 6) is 0.360. The molecule has 6 nitrogen and oxygen atoms in total. The number of nitrogens with two attached hydrogens (primary N) is 1. The zero-order chi connectivity index (χ0) is 14.5. The average molecular weight is 298 g/mol. The summed E-state index contributed by atoms with van der Waals surface area (Å²) in [5, 5.41) is 17.3. The first-order valence-corrected chi connectivity index (χ1v) is 8.15. The molecule has 1 saturated carbocycles. The molecule has 0 saturated heterocycles. The number of carboxylic acids is 1. The van der Waals surface area contributed by atoms with Gasteiger partial charge in [0.1, 0.15) is 0 Å². The first-order chi connectivity index (χ1) is 9.61. The van der Waals surface area contributed by atoms with E-state index in [4.69, 9.17) is 10.8 Å². The number of nitrogen functional groups attached to an aromatic ring is 1. The second kappa shape index (κ2) is 6.97. The number of aliphatic carboxylic acids is 1. The van der Waals surface area contributed by atoms with Crippen LogP contribution in [0.1, 0.15) is 51.5 Å². The molecule has 0 aliphatic heterocycles. The largest absolute Gasteiger partial charge is 0.481 e. The van der Waals surface area contributed by atoms with Crippen LogP contribution in [0.4, 0.5) is 5.95 Å². The third-order valence-corrected chi connectivity index (χ3v) is 4.82. The van der Waals surface area contributed by atoms with Crippen molar-refractivity contribution in [2.24, 2.45) is 5.92 Å². The maximum atomic E-state index is 10.7. The lowest BCUT2D eigenvalue weighted by molar-refractivity contribution is -0.133. The lowest BCUT2D eigenvalue weighted by Gasteiger charge is -2.30. The summed E-state index contributed by atoms with van der Waals surface area (Å²) < 4.78 is 1.93. The zero-order valence-electron chi connectivity index (χ0n) is 11.8. The predicted molar refractivity (Wildman–Crippen MR) is 78.7 cm³/mol. The molecule has 1 heterocycles. The van der Waals surface area contributed by atoms with Crippen LogP contribution >= 0.6 is 11.8 Å². The van der Waals surface area contributed by atoms with Crippen LogP contribution in [0.15, 0.2) is 5.16 Å². The highest BCUT2D eigenvalue weighted by Gasteiger charge is 2.26. The maximum Gasteiger partial charge on any atom is 0.313 e. The molecule has 0 bridgehead atoms. The molecule has 7 heteroatoms. The summed E-state index contributed by atoms with van der Waals surface area (Å²) in [6, 6.07) is 0.314. The van der Waals surface area contributed by atoms with Crippen molar-refractivity contribution in [2.75, 3.05) is 11.5 Å². The van der Waals surface area contributed by atoms with Gasteiger partial charge in [-0.05, 0) is 31.6 Å². The Morgan fingerprint density at radius 1 is 1.40 bits per heavy atom. The van der Waals surface area contributed by atoms with E-state index in [2.05, 4.69) is 17.1 Å². The van der Waals surface area contributed by atoms with E-state index >= 15 is 0 Å². The van der Waals surface area contributed by atoms with Crippen molar-refractivity contribution in [3.63, 3.8) is 0 Å². The van der Waals surface area contributed by atoms with E-state index in [0.29, 0.717) is 17.1 Å². The van der Waals surface area contributed by atoms with Gasteiger partial charge in [-0.3, -0.25) is 9.36 Å². The topological polar surface area (TPSA) is 94.0 Å². The molecular formula is C13H22N4O2S. The lowest BCUT2D eigenvalue weighted by Crippen LogP contribution is -2.20. The fraction of sp³-hybridized carbons (Fsp3) is 0.769. The summed E-state index contributed by atoms with van der Waals surface area (Å²) >= 11 is 1.19. The number of carbonyl (C=O) groups is 1. The molecule has 112 valence electrons. The van der Waals surface area contributed by atoms with E-state index in [0.717, 1.165) is 18.8 Å². The van der Waals surface area contributed by atoms with Crippen LogP contribution < -0.4 is 5.73 Å². The number of rotatable bonds is 6. The van der Waals surface area contributed by atoms with Gasteiger partial charge in [-0.2, -0.15) is 0 Å². The monoisotopic (exact) mass is 298 g/mol. The van der Waals surface area contributed by atoms with Crippen molar-refractivity contribution in [1.82, 2.24) is 14.8 Å². The van der Waals surface area contributed by atoms with Gasteiger partial charge in [-0.1, -0.05) is 31.5 Å². The van der Waals surface area contributed by atoms with E-state index in [-0.39, 0.29) is 5.75 Å². The number of anilines is 1. The highest BCUT2D eigenvalue weighted by Crippen LogP contribution is 2.37. The summed E-state index contributed by atoms with van der Waals surface area (Å²) in [5.41, 5.74) is 5.90. The van der Waals surface area contributed by atoms with E-state index in [1.807, 2.05) is 4.57 Å². The number of carboxylic acid groups (broad SMARTS) is 1. The second-order valence-electron chi connectivity index (χ2n) is 5.36. The number of hydrogen-bond donors (Lipinski definition) is 2. The molecule has 0 radical (unpaired) electrons. The van der Waals surface area contributed by atoms with Gasteiger partial charge in [0, 0.05) is 6.04 Å².